The maximum absolute atomic E-state index is 5.58. The lowest BCUT2D eigenvalue weighted by molar-refractivity contribution is 0.572. The zero-order valence-electron chi connectivity index (χ0n) is 17.8. The van der Waals surface area contributed by atoms with Gasteiger partial charge in [0.05, 0.1) is 6.54 Å². The van der Waals surface area contributed by atoms with E-state index in [0.29, 0.717) is 12.4 Å². The predicted molar refractivity (Wildman–Crippen MR) is 135 cm³/mol. The maximum atomic E-state index is 5.58. The summed E-state index contributed by atoms with van der Waals surface area (Å²) in [5.74, 6) is 1.40. The third-order valence-corrected chi connectivity index (χ3v) is 4.47. The van der Waals surface area contributed by atoms with Gasteiger partial charge in [0.25, 0.3) is 0 Å². The fraction of sp³-hybridized carbons (Fsp3) is 0.304. The van der Waals surface area contributed by atoms with Crippen molar-refractivity contribution in [2.75, 3.05) is 32.1 Å². The van der Waals surface area contributed by atoms with Crippen LogP contribution in [0.1, 0.15) is 18.2 Å². The van der Waals surface area contributed by atoms with Gasteiger partial charge in [0.15, 0.2) is 5.96 Å². The number of guanidine groups is 1. The lowest BCUT2D eigenvalue weighted by Gasteiger charge is -2.13. The van der Waals surface area contributed by atoms with E-state index >= 15 is 0 Å². The quantitative estimate of drug-likeness (QED) is 0.264. The Morgan fingerprint density at radius 1 is 1.03 bits per heavy atom. The first-order chi connectivity index (χ1) is 14.2. The van der Waals surface area contributed by atoms with Crippen molar-refractivity contribution >= 4 is 35.6 Å². The molecule has 0 amide bonds. The summed E-state index contributed by atoms with van der Waals surface area (Å²) in [6.07, 6.45) is 2.60. The second-order valence-electron chi connectivity index (χ2n) is 6.94. The molecular weight excluding hydrogens is 489 g/mol. The van der Waals surface area contributed by atoms with E-state index in [0.717, 1.165) is 36.7 Å². The van der Waals surface area contributed by atoms with E-state index in [4.69, 9.17) is 4.42 Å². The second-order valence-corrected chi connectivity index (χ2v) is 6.94. The van der Waals surface area contributed by atoms with E-state index in [9.17, 15) is 0 Å². The average molecular weight is 519 g/mol. The summed E-state index contributed by atoms with van der Waals surface area (Å²) in [5, 5.41) is 6.66. The first kappa shape index (κ1) is 23.7. The molecular formula is C23H30IN5O. The van der Waals surface area contributed by atoms with Crippen LogP contribution in [0.4, 0.5) is 5.69 Å². The lowest BCUT2D eigenvalue weighted by atomic mass is 10.1. The molecule has 3 aromatic rings. The Kier molecular flexibility index (Phi) is 9.66. The zero-order valence-corrected chi connectivity index (χ0v) is 20.1. The molecule has 0 saturated heterocycles. The van der Waals surface area contributed by atoms with Gasteiger partial charge in [-0.3, -0.25) is 0 Å². The average Bonchev–Trinajstić information content (AvgIpc) is 3.22. The van der Waals surface area contributed by atoms with Crippen molar-refractivity contribution in [3.05, 3.63) is 72.1 Å². The Hall–Kier alpha value is -2.55. The summed E-state index contributed by atoms with van der Waals surface area (Å²) in [7, 11) is 4.10. The SMILES string of the molecule is CCNC(=NCc1coc(-c2ccccc2)n1)NCCc1ccc(N(C)C)cc1.I. The predicted octanol–water partition coefficient (Wildman–Crippen LogP) is 4.32. The van der Waals surface area contributed by atoms with E-state index in [1.165, 1.54) is 11.3 Å². The normalized spacial score (nSPS) is 11.0. The van der Waals surface area contributed by atoms with Crippen molar-refractivity contribution in [2.45, 2.75) is 19.9 Å². The highest BCUT2D eigenvalue weighted by atomic mass is 127. The molecule has 30 heavy (non-hydrogen) atoms. The van der Waals surface area contributed by atoms with Crippen LogP contribution in [0.25, 0.3) is 11.5 Å². The highest BCUT2D eigenvalue weighted by molar-refractivity contribution is 14.0. The summed E-state index contributed by atoms with van der Waals surface area (Å²) in [6.45, 7) is 4.13. The van der Waals surface area contributed by atoms with Crippen LogP contribution in [-0.2, 0) is 13.0 Å². The molecule has 0 saturated carbocycles. The van der Waals surface area contributed by atoms with E-state index in [1.807, 2.05) is 44.4 Å². The second kappa shape index (κ2) is 12.2. The van der Waals surface area contributed by atoms with Crippen molar-refractivity contribution in [1.29, 1.82) is 0 Å². The third-order valence-electron chi connectivity index (χ3n) is 4.47. The number of aromatic nitrogens is 1. The fourth-order valence-corrected chi connectivity index (χ4v) is 2.88. The molecule has 0 fully saturated rings. The number of nitrogens with one attached hydrogen (secondary N) is 2. The molecule has 0 atom stereocenters. The molecule has 0 radical (unpaired) electrons. The van der Waals surface area contributed by atoms with Gasteiger partial charge < -0.3 is 20.0 Å². The van der Waals surface area contributed by atoms with Crippen molar-refractivity contribution in [1.82, 2.24) is 15.6 Å². The monoisotopic (exact) mass is 519 g/mol. The van der Waals surface area contributed by atoms with Crippen molar-refractivity contribution < 1.29 is 4.42 Å². The molecule has 0 unspecified atom stereocenters. The van der Waals surface area contributed by atoms with Gasteiger partial charge in [-0.25, -0.2) is 9.98 Å². The van der Waals surface area contributed by atoms with Crippen LogP contribution >= 0.6 is 24.0 Å². The molecule has 3 rings (SSSR count). The van der Waals surface area contributed by atoms with Crippen LogP contribution in [0.2, 0.25) is 0 Å². The molecule has 160 valence electrons. The van der Waals surface area contributed by atoms with Gasteiger partial charge in [0.1, 0.15) is 12.0 Å². The van der Waals surface area contributed by atoms with Crippen LogP contribution in [0.5, 0.6) is 0 Å². The molecule has 0 aliphatic rings. The van der Waals surface area contributed by atoms with Gasteiger partial charge in [-0.05, 0) is 43.2 Å². The van der Waals surface area contributed by atoms with Gasteiger partial charge in [0, 0.05) is 38.4 Å². The van der Waals surface area contributed by atoms with Gasteiger partial charge in [-0.15, -0.1) is 24.0 Å². The molecule has 1 heterocycles. The molecule has 2 aromatic carbocycles. The van der Waals surface area contributed by atoms with E-state index in [2.05, 4.69) is 56.7 Å². The number of rotatable bonds is 8. The van der Waals surface area contributed by atoms with Gasteiger partial charge >= 0.3 is 0 Å². The Bertz CT molecular complexity index is 907. The largest absolute Gasteiger partial charge is 0.444 e. The Morgan fingerprint density at radius 3 is 2.43 bits per heavy atom. The molecule has 0 spiro atoms. The number of benzene rings is 2. The third kappa shape index (κ3) is 7.05. The van der Waals surface area contributed by atoms with Crippen LogP contribution in [0.15, 0.2) is 70.3 Å². The summed E-state index contributed by atoms with van der Waals surface area (Å²) < 4.78 is 5.58. The van der Waals surface area contributed by atoms with Gasteiger partial charge in [-0.2, -0.15) is 0 Å². The number of nitrogens with zero attached hydrogens (tertiary/aromatic N) is 3. The zero-order chi connectivity index (χ0) is 20.5. The summed E-state index contributed by atoms with van der Waals surface area (Å²) in [4.78, 5) is 11.3. The number of anilines is 1. The number of oxazole rings is 1. The molecule has 0 bridgehead atoms. The van der Waals surface area contributed by atoms with Gasteiger partial charge in [-0.1, -0.05) is 30.3 Å². The van der Waals surface area contributed by atoms with E-state index in [1.54, 1.807) is 6.26 Å². The highest BCUT2D eigenvalue weighted by Crippen LogP contribution is 2.18. The fourth-order valence-electron chi connectivity index (χ4n) is 2.88. The Labute approximate surface area is 195 Å². The first-order valence-corrected chi connectivity index (χ1v) is 9.94. The van der Waals surface area contributed by atoms with Crippen molar-refractivity contribution in [3.63, 3.8) is 0 Å². The first-order valence-electron chi connectivity index (χ1n) is 9.94. The smallest absolute Gasteiger partial charge is 0.226 e. The number of hydrogen-bond acceptors (Lipinski definition) is 4. The minimum Gasteiger partial charge on any atom is -0.444 e. The van der Waals surface area contributed by atoms with Crippen LogP contribution in [0, 0.1) is 0 Å². The minimum absolute atomic E-state index is 0. The Morgan fingerprint density at radius 2 is 1.77 bits per heavy atom. The number of halogens is 1. The Balaban J connectivity index is 0.00000320. The van der Waals surface area contributed by atoms with Gasteiger partial charge in [0.2, 0.25) is 5.89 Å². The summed E-state index contributed by atoms with van der Waals surface area (Å²) >= 11 is 0. The number of hydrogen-bond donors (Lipinski definition) is 2. The number of aliphatic imine (C=N–C) groups is 1. The topological polar surface area (TPSA) is 65.7 Å². The summed E-state index contributed by atoms with van der Waals surface area (Å²) in [5.41, 5.74) is 4.27. The minimum atomic E-state index is 0. The molecule has 7 heteroatoms. The summed E-state index contributed by atoms with van der Waals surface area (Å²) in [6, 6.07) is 18.5. The van der Waals surface area contributed by atoms with Crippen molar-refractivity contribution in [2.24, 2.45) is 4.99 Å². The standard InChI is InChI=1S/C23H29N5O.HI/c1-4-24-23(25-15-14-18-10-12-21(13-11-18)28(2)3)26-16-20-17-29-22(27-20)19-8-6-5-7-9-19;/h5-13,17H,4,14-16H2,1-3H3,(H2,24,25,26);1H. The van der Waals surface area contributed by atoms with Crippen LogP contribution in [0.3, 0.4) is 0 Å². The van der Waals surface area contributed by atoms with Crippen LogP contribution < -0.4 is 15.5 Å². The molecule has 6 nitrogen and oxygen atoms in total. The lowest BCUT2D eigenvalue weighted by Crippen LogP contribution is -2.38. The molecule has 1 aromatic heterocycles. The maximum Gasteiger partial charge on any atom is 0.226 e. The molecule has 0 aliphatic carbocycles. The highest BCUT2D eigenvalue weighted by Gasteiger charge is 2.06. The molecule has 0 aliphatic heterocycles. The van der Waals surface area contributed by atoms with Crippen molar-refractivity contribution in [3.8, 4) is 11.5 Å². The molecule has 2 N–H and O–H groups in total. The van der Waals surface area contributed by atoms with E-state index in [-0.39, 0.29) is 24.0 Å². The van der Waals surface area contributed by atoms with Crippen LogP contribution in [-0.4, -0.2) is 38.1 Å². The van der Waals surface area contributed by atoms with E-state index < -0.39 is 0 Å².